The van der Waals surface area contributed by atoms with E-state index >= 15 is 0 Å². The van der Waals surface area contributed by atoms with Crippen LogP contribution in [0.15, 0.2) is 22.1 Å². The lowest BCUT2D eigenvalue weighted by atomic mass is 10.4. The van der Waals surface area contributed by atoms with Crippen molar-refractivity contribution in [2.75, 3.05) is 0 Å². The Balaban J connectivity index is 2.70. The molecule has 0 saturated heterocycles. The highest BCUT2D eigenvalue weighted by Gasteiger charge is 2.28. The molecule has 0 fully saturated rings. The van der Waals surface area contributed by atoms with Crippen molar-refractivity contribution in [1.29, 1.82) is 0 Å². The molecule has 2 heterocycles. The van der Waals surface area contributed by atoms with E-state index in [0.717, 1.165) is 4.57 Å². The SMILES string of the molecule is CC1Sc2ccnc(=O)n2C1=O. The zero-order valence-corrected chi connectivity index (χ0v) is 7.17. The molecule has 1 aromatic heterocycles. The summed E-state index contributed by atoms with van der Waals surface area (Å²) in [6.07, 6.45) is 1.42. The van der Waals surface area contributed by atoms with Crippen LogP contribution in [0, 0.1) is 0 Å². The highest BCUT2D eigenvalue weighted by molar-refractivity contribution is 8.01. The van der Waals surface area contributed by atoms with E-state index in [2.05, 4.69) is 4.98 Å². The smallest absolute Gasteiger partial charge is 0.273 e. The maximum Gasteiger partial charge on any atom is 0.355 e. The van der Waals surface area contributed by atoms with Gasteiger partial charge in [0, 0.05) is 6.20 Å². The summed E-state index contributed by atoms with van der Waals surface area (Å²) >= 11 is 1.39. The number of thioether (sulfide) groups is 1. The van der Waals surface area contributed by atoms with Crippen molar-refractivity contribution >= 4 is 17.7 Å². The number of rotatable bonds is 0. The third-order valence-corrected chi connectivity index (χ3v) is 2.79. The Morgan fingerprint density at radius 2 is 2.33 bits per heavy atom. The highest BCUT2D eigenvalue weighted by Crippen LogP contribution is 2.28. The lowest BCUT2D eigenvalue weighted by Gasteiger charge is -1.95. The van der Waals surface area contributed by atoms with Crippen LogP contribution in [0.3, 0.4) is 0 Å². The first-order chi connectivity index (χ1) is 5.70. The topological polar surface area (TPSA) is 52.0 Å². The molecule has 12 heavy (non-hydrogen) atoms. The molecule has 1 aliphatic rings. The number of nitrogens with zero attached hydrogens (tertiary/aromatic N) is 2. The van der Waals surface area contributed by atoms with E-state index in [1.807, 2.05) is 0 Å². The molecule has 62 valence electrons. The van der Waals surface area contributed by atoms with Crippen molar-refractivity contribution < 1.29 is 4.79 Å². The van der Waals surface area contributed by atoms with Crippen LogP contribution < -0.4 is 5.69 Å². The van der Waals surface area contributed by atoms with Crippen molar-refractivity contribution in [3.05, 3.63) is 22.7 Å². The molecular weight excluding hydrogens is 176 g/mol. The van der Waals surface area contributed by atoms with Gasteiger partial charge >= 0.3 is 5.69 Å². The molecule has 1 unspecified atom stereocenters. The molecule has 0 spiro atoms. The number of hydrogen-bond acceptors (Lipinski definition) is 4. The van der Waals surface area contributed by atoms with Gasteiger partial charge in [0.25, 0.3) is 0 Å². The van der Waals surface area contributed by atoms with Gasteiger partial charge in [0.2, 0.25) is 5.91 Å². The second kappa shape index (κ2) is 2.45. The number of fused-ring (bicyclic) bond motifs is 1. The predicted molar refractivity (Wildman–Crippen MR) is 44.4 cm³/mol. The Kier molecular flexibility index (Phi) is 1.54. The summed E-state index contributed by atoms with van der Waals surface area (Å²) in [4.78, 5) is 25.9. The van der Waals surface area contributed by atoms with Gasteiger partial charge in [-0.15, -0.1) is 0 Å². The third kappa shape index (κ3) is 0.896. The summed E-state index contributed by atoms with van der Waals surface area (Å²) in [7, 11) is 0. The summed E-state index contributed by atoms with van der Waals surface area (Å²) < 4.78 is 1.12. The van der Waals surface area contributed by atoms with Crippen LogP contribution in [0.4, 0.5) is 0 Å². The van der Waals surface area contributed by atoms with Crippen molar-refractivity contribution in [2.45, 2.75) is 17.2 Å². The van der Waals surface area contributed by atoms with E-state index in [0.29, 0.717) is 5.03 Å². The van der Waals surface area contributed by atoms with E-state index in [1.54, 1.807) is 13.0 Å². The summed E-state index contributed by atoms with van der Waals surface area (Å²) in [5.74, 6) is -0.173. The summed E-state index contributed by atoms with van der Waals surface area (Å²) in [5, 5.41) is 0.523. The van der Waals surface area contributed by atoms with Gasteiger partial charge in [-0.2, -0.15) is 0 Å². The van der Waals surface area contributed by atoms with Crippen LogP contribution in [0.25, 0.3) is 0 Å². The molecule has 0 aliphatic carbocycles. The quantitative estimate of drug-likeness (QED) is 0.544. The van der Waals surface area contributed by atoms with Gasteiger partial charge in [-0.3, -0.25) is 4.79 Å². The maximum atomic E-state index is 11.3. The monoisotopic (exact) mass is 182 g/mol. The average molecular weight is 182 g/mol. The van der Waals surface area contributed by atoms with Gasteiger partial charge in [-0.05, 0) is 13.0 Å². The Morgan fingerprint density at radius 1 is 1.58 bits per heavy atom. The molecule has 5 heteroatoms. The van der Waals surface area contributed by atoms with E-state index in [9.17, 15) is 9.59 Å². The van der Waals surface area contributed by atoms with Gasteiger partial charge in [0.05, 0.1) is 10.3 Å². The number of hydrogen-bond donors (Lipinski definition) is 0. The lowest BCUT2D eigenvalue weighted by Crippen LogP contribution is -2.28. The van der Waals surface area contributed by atoms with E-state index in [4.69, 9.17) is 0 Å². The van der Waals surface area contributed by atoms with Crippen LogP contribution in [0.2, 0.25) is 0 Å². The minimum atomic E-state index is -0.477. The van der Waals surface area contributed by atoms with Gasteiger partial charge in [0.15, 0.2) is 0 Å². The molecule has 1 aromatic rings. The molecule has 0 amide bonds. The van der Waals surface area contributed by atoms with Crippen molar-refractivity contribution in [1.82, 2.24) is 9.55 Å². The van der Waals surface area contributed by atoms with Crippen molar-refractivity contribution in [3.63, 3.8) is 0 Å². The molecule has 0 saturated carbocycles. The Labute approximate surface area is 72.6 Å². The van der Waals surface area contributed by atoms with Crippen LogP contribution in [0.1, 0.15) is 11.7 Å². The van der Waals surface area contributed by atoms with Crippen molar-refractivity contribution in [3.8, 4) is 0 Å². The molecule has 0 N–H and O–H groups in total. The standard InChI is InChI=1S/C7H6N2O2S/c1-4-6(10)9-5(12-4)2-3-8-7(9)11/h2-4H,1H3. The molecule has 0 aromatic carbocycles. The van der Waals surface area contributed by atoms with Crippen LogP contribution in [-0.4, -0.2) is 20.7 Å². The zero-order valence-electron chi connectivity index (χ0n) is 6.35. The van der Waals surface area contributed by atoms with Gasteiger partial charge < -0.3 is 0 Å². The highest BCUT2D eigenvalue weighted by atomic mass is 32.2. The fourth-order valence-electron chi connectivity index (χ4n) is 1.10. The summed E-state index contributed by atoms with van der Waals surface area (Å²) in [6.45, 7) is 1.78. The van der Waals surface area contributed by atoms with Crippen molar-refractivity contribution in [2.24, 2.45) is 0 Å². The lowest BCUT2D eigenvalue weighted by molar-refractivity contribution is 0.0908. The van der Waals surface area contributed by atoms with E-state index in [1.165, 1.54) is 18.0 Å². The van der Waals surface area contributed by atoms with Crippen LogP contribution >= 0.6 is 11.8 Å². The first kappa shape index (κ1) is 7.54. The molecular formula is C7H6N2O2S. The van der Waals surface area contributed by atoms with Crippen LogP contribution in [0.5, 0.6) is 0 Å². The second-order valence-corrected chi connectivity index (χ2v) is 3.86. The summed E-state index contributed by atoms with van der Waals surface area (Å²) in [5.41, 5.74) is -0.477. The zero-order chi connectivity index (χ0) is 8.72. The number of carbonyl (C=O) groups is 1. The molecule has 1 atom stereocenters. The average Bonchev–Trinajstić information content (AvgIpc) is 2.29. The first-order valence-electron chi connectivity index (χ1n) is 3.49. The Bertz CT molecular complexity index is 399. The van der Waals surface area contributed by atoms with Gasteiger partial charge in [-0.1, -0.05) is 11.8 Å². The predicted octanol–water partition coefficient (Wildman–Crippen LogP) is 0.378. The number of aromatic nitrogens is 2. The van der Waals surface area contributed by atoms with Gasteiger partial charge in [-0.25, -0.2) is 14.3 Å². The molecule has 0 bridgehead atoms. The second-order valence-electron chi connectivity index (χ2n) is 2.50. The normalized spacial score (nSPS) is 21.1. The fraction of sp³-hybridized carbons (Fsp3) is 0.286. The Hall–Kier alpha value is -1.10. The summed E-state index contributed by atoms with van der Waals surface area (Å²) in [6, 6.07) is 1.67. The molecule has 2 rings (SSSR count). The first-order valence-corrected chi connectivity index (χ1v) is 4.37. The van der Waals surface area contributed by atoms with Gasteiger partial charge in [0.1, 0.15) is 0 Å². The Morgan fingerprint density at radius 3 is 3.00 bits per heavy atom. The third-order valence-electron chi connectivity index (χ3n) is 1.68. The van der Waals surface area contributed by atoms with E-state index < -0.39 is 5.69 Å². The molecule has 0 radical (unpaired) electrons. The van der Waals surface area contributed by atoms with E-state index in [-0.39, 0.29) is 11.2 Å². The largest absolute Gasteiger partial charge is 0.355 e. The minimum absolute atomic E-state index is 0.165. The maximum absolute atomic E-state index is 11.3. The molecule has 4 nitrogen and oxygen atoms in total. The molecule has 1 aliphatic heterocycles. The van der Waals surface area contributed by atoms with Crippen LogP contribution in [-0.2, 0) is 0 Å². The minimum Gasteiger partial charge on any atom is -0.273 e. The fourth-order valence-corrected chi connectivity index (χ4v) is 2.08. The number of carbonyl (C=O) groups excluding carboxylic acids is 1.